The third-order valence-corrected chi connectivity index (χ3v) is 5.58. The molecule has 0 saturated heterocycles. The van der Waals surface area contributed by atoms with E-state index < -0.39 is 5.63 Å². The van der Waals surface area contributed by atoms with Crippen molar-refractivity contribution in [2.45, 2.75) is 12.7 Å². The number of carbonyl (C=O) groups excluding carboxylic acids is 1. The minimum absolute atomic E-state index is 0.0600. The van der Waals surface area contributed by atoms with E-state index in [0.717, 1.165) is 5.75 Å². The highest BCUT2D eigenvalue weighted by molar-refractivity contribution is 7.99. The molecule has 0 spiro atoms. The lowest BCUT2D eigenvalue weighted by molar-refractivity contribution is -0.113. The Balaban J connectivity index is 1.37. The van der Waals surface area contributed by atoms with Crippen LogP contribution in [0, 0.1) is 6.92 Å². The molecule has 0 atom stereocenters. The first kappa shape index (κ1) is 19.9. The van der Waals surface area contributed by atoms with Gasteiger partial charge in [0.05, 0.1) is 16.7 Å². The molecule has 0 bridgehead atoms. The number of para-hydroxylation sites is 1. The van der Waals surface area contributed by atoms with Crippen molar-refractivity contribution in [1.82, 2.24) is 4.98 Å². The van der Waals surface area contributed by atoms with Gasteiger partial charge in [0.15, 0.2) is 0 Å². The third kappa shape index (κ3) is 4.78. The van der Waals surface area contributed by atoms with Gasteiger partial charge < -0.3 is 9.73 Å². The molecule has 1 aromatic heterocycles. The molecular formula is C24H20N2O3S. The van der Waals surface area contributed by atoms with E-state index in [9.17, 15) is 9.59 Å². The van der Waals surface area contributed by atoms with Crippen molar-refractivity contribution in [3.63, 3.8) is 0 Å². The van der Waals surface area contributed by atoms with Crippen LogP contribution in [0.1, 0.15) is 11.1 Å². The molecule has 0 aliphatic heterocycles. The van der Waals surface area contributed by atoms with Crippen LogP contribution in [0.4, 0.5) is 5.69 Å². The van der Waals surface area contributed by atoms with Gasteiger partial charge in [-0.3, -0.25) is 4.79 Å². The predicted octanol–water partition coefficient (Wildman–Crippen LogP) is 5.04. The number of anilines is 1. The third-order valence-electron chi connectivity index (χ3n) is 4.57. The lowest BCUT2D eigenvalue weighted by atomic mass is 10.2. The van der Waals surface area contributed by atoms with Gasteiger partial charge in [-0.05, 0) is 48.9 Å². The van der Waals surface area contributed by atoms with Gasteiger partial charge >= 0.3 is 5.63 Å². The molecule has 0 aliphatic rings. The normalized spacial score (nSPS) is 10.8. The summed E-state index contributed by atoms with van der Waals surface area (Å²) in [7, 11) is 0. The van der Waals surface area contributed by atoms with E-state index in [-0.39, 0.29) is 11.8 Å². The zero-order valence-corrected chi connectivity index (χ0v) is 17.2. The van der Waals surface area contributed by atoms with Crippen molar-refractivity contribution in [2.75, 3.05) is 11.1 Å². The Morgan fingerprint density at radius 2 is 1.73 bits per heavy atom. The predicted molar refractivity (Wildman–Crippen MR) is 122 cm³/mol. The summed E-state index contributed by atoms with van der Waals surface area (Å²) >= 11 is 1.57. The van der Waals surface area contributed by atoms with Gasteiger partial charge in [0.1, 0.15) is 0 Å². The van der Waals surface area contributed by atoms with Gasteiger partial charge in [0.2, 0.25) is 11.8 Å². The Morgan fingerprint density at radius 3 is 2.50 bits per heavy atom. The molecule has 1 heterocycles. The maximum Gasteiger partial charge on any atom is 0.347 e. The van der Waals surface area contributed by atoms with Crippen molar-refractivity contribution in [3.8, 4) is 11.5 Å². The molecule has 0 fully saturated rings. The molecule has 0 aliphatic carbocycles. The summed E-state index contributed by atoms with van der Waals surface area (Å²) in [6.07, 6.45) is 0. The summed E-state index contributed by atoms with van der Waals surface area (Å²) in [6, 6.07) is 22.5. The SMILES string of the molecule is Cc1ccc(CSCC(=O)Nc2ccc(-c3nc4ccccc4c(=O)o3)cc2)cc1. The highest BCUT2D eigenvalue weighted by Gasteiger charge is 2.09. The first-order chi connectivity index (χ1) is 14.6. The molecule has 4 rings (SSSR count). The highest BCUT2D eigenvalue weighted by atomic mass is 32.2. The number of thioether (sulfide) groups is 1. The number of aryl methyl sites for hydroxylation is 1. The molecule has 0 unspecified atom stereocenters. The second-order valence-electron chi connectivity index (χ2n) is 6.93. The largest absolute Gasteiger partial charge is 0.403 e. The Bertz CT molecular complexity index is 1230. The van der Waals surface area contributed by atoms with Crippen LogP contribution in [0.15, 0.2) is 82.0 Å². The van der Waals surface area contributed by atoms with Crippen LogP contribution in [0.25, 0.3) is 22.4 Å². The van der Waals surface area contributed by atoms with Crippen LogP contribution >= 0.6 is 11.8 Å². The van der Waals surface area contributed by atoms with Crippen molar-refractivity contribution in [2.24, 2.45) is 0 Å². The van der Waals surface area contributed by atoms with Crippen LogP contribution in [0.2, 0.25) is 0 Å². The Labute approximate surface area is 178 Å². The second-order valence-corrected chi connectivity index (χ2v) is 7.91. The summed E-state index contributed by atoms with van der Waals surface area (Å²) in [5.74, 6) is 1.36. The molecule has 30 heavy (non-hydrogen) atoms. The van der Waals surface area contributed by atoms with E-state index in [1.165, 1.54) is 11.1 Å². The molecule has 6 heteroatoms. The summed E-state index contributed by atoms with van der Waals surface area (Å²) in [5, 5.41) is 3.34. The Morgan fingerprint density at radius 1 is 1.00 bits per heavy atom. The molecule has 0 radical (unpaired) electrons. The van der Waals surface area contributed by atoms with Gasteiger partial charge in [-0.1, -0.05) is 42.0 Å². The number of benzene rings is 3. The van der Waals surface area contributed by atoms with Crippen LogP contribution in [0.5, 0.6) is 0 Å². The minimum Gasteiger partial charge on any atom is -0.403 e. The first-order valence-corrected chi connectivity index (χ1v) is 10.7. The number of hydrogen-bond donors (Lipinski definition) is 1. The summed E-state index contributed by atoms with van der Waals surface area (Å²) in [4.78, 5) is 28.8. The van der Waals surface area contributed by atoms with Crippen LogP contribution in [-0.2, 0) is 10.5 Å². The average molecular weight is 417 g/mol. The van der Waals surface area contributed by atoms with Crippen molar-refractivity contribution in [1.29, 1.82) is 0 Å². The van der Waals surface area contributed by atoms with E-state index in [4.69, 9.17) is 4.42 Å². The quantitative estimate of drug-likeness (QED) is 0.477. The number of aromatic nitrogens is 1. The number of nitrogens with one attached hydrogen (secondary N) is 1. The van der Waals surface area contributed by atoms with E-state index in [1.54, 1.807) is 54.2 Å². The summed E-state index contributed by atoms with van der Waals surface area (Å²) in [6.45, 7) is 2.05. The van der Waals surface area contributed by atoms with Gasteiger partial charge in [0, 0.05) is 17.0 Å². The Hall–Kier alpha value is -3.38. The van der Waals surface area contributed by atoms with Crippen LogP contribution in [0.3, 0.4) is 0 Å². The number of carbonyl (C=O) groups is 1. The number of nitrogens with zero attached hydrogens (tertiary/aromatic N) is 1. The molecule has 1 amide bonds. The minimum atomic E-state index is -0.418. The van der Waals surface area contributed by atoms with Crippen LogP contribution < -0.4 is 10.9 Å². The van der Waals surface area contributed by atoms with Crippen molar-refractivity contribution < 1.29 is 9.21 Å². The number of hydrogen-bond acceptors (Lipinski definition) is 5. The maximum absolute atomic E-state index is 12.2. The molecule has 5 nitrogen and oxygen atoms in total. The molecular weight excluding hydrogens is 396 g/mol. The zero-order chi connectivity index (χ0) is 20.9. The standard InChI is InChI=1S/C24H20N2O3S/c1-16-6-8-17(9-7-16)14-30-15-22(27)25-19-12-10-18(11-13-19)23-26-21-5-3-2-4-20(21)24(28)29-23/h2-13H,14-15H2,1H3,(H,25,27). The zero-order valence-electron chi connectivity index (χ0n) is 16.4. The fourth-order valence-corrected chi connectivity index (χ4v) is 3.77. The summed E-state index contributed by atoms with van der Waals surface area (Å²) < 4.78 is 5.34. The van der Waals surface area contributed by atoms with E-state index in [0.29, 0.717) is 27.9 Å². The number of fused-ring (bicyclic) bond motifs is 1. The molecule has 150 valence electrons. The first-order valence-electron chi connectivity index (χ1n) is 9.52. The van der Waals surface area contributed by atoms with E-state index in [2.05, 4.69) is 41.5 Å². The van der Waals surface area contributed by atoms with Gasteiger partial charge in [-0.15, -0.1) is 11.8 Å². The smallest absolute Gasteiger partial charge is 0.347 e. The molecule has 0 saturated carbocycles. The molecule has 1 N–H and O–H groups in total. The summed E-state index contributed by atoms with van der Waals surface area (Å²) in [5.41, 5.74) is 3.95. The molecule has 3 aromatic carbocycles. The number of rotatable bonds is 6. The highest BCUT2D eigenvalue weighted by Crippen LogP contribution is 2.21. The van der Waals surface area contributed by atoms with Crippen LogP contribution in [-0.4, -0.2) is 16.6 Å². The van der Waals surface area contributed by atoms with E-state index in [1.807, 2.05) is 6.07 Å². The monoisotopic (exact) mass is 416 g/mol. The fraction of sp³-hybridized carbons (Fsp3) is 0.125. The topological polar surface area (TPSA) is 72.2 Å². The molecule has 4 aromatic rings. The van der Waals surface area contributed by atoms with Crippen molar-refractivity contribution in [3.05, 3.63) is 94.3 Å². The second kappa shape index (κ2) is 8.97. The number of amides is 1. The average Bonchev–Trinajstić information content (AvgIpc) is 2.76. The lowest BCUT2D eigenvalue weighted by Gasteiger charge is -2.07. The van der Waals surface area contributed by atoms with Gasteiger partial charge in [0.25, 0.3) is 0 Å². The lowest BCUT2D eigenvalue weighted by Crippen LogP contribution is -2.14. The maximum atomic E-state index is 12.2. The Kier molecular flexibility index (Phi) is 5.95. The van der Waals surface area contributed by atoms with Gasteiger partial charge in [-0.2, -0.15) is 0 Å². The van der Waals surface area contributed by atoms with E-state index >= 15 is 0 Å². The van der Waals surface area contributed by atoms with Crippen molar-refractivity contribution >= 4 is 34.3 Å². The van der Waals surface area contributed by atoms with Gasteiger partial charge in [-0.25, -0.2) is 9.78 Å². The fourth-order valence-electron chi connectivity index (χ4n) is 2.98.